The van der Waals surface area contributed by atoms with Crippen molar-refractivity contribution in [2.75, 3.05) is 26.2 Å². The maximum absolute atomic E-state index is 12.0. The summed E-state index contributed by atoms with van der Waals surface area (Å²) in [5.74, 6) is 0.759. The third-order valence-electron chi connectivity index (χ3n) is 4.54. The van der Waals surface area contributed by atoms with Crippen LogP contribution in [0.4, 0.5) is 0 Å². The molecule has 0 bridgehead atoms. The Morgan fingerprint density at radius 3 is 2.83 bits per heavy atom. The van der Waals surface area contributed by atoms with E-state index in [1.807, 2.05) is 12.1 Å². The molecule has 4 rings (SSSR count). The molecular weight excluding hydrogens is 342 g/mol. The van der Waals surface area contributed by atoms with Crippen LogP contribution in [-0.4, -0.2) is 47.6 Å². The maximum Gasteiger partial charge on any atom is 0.201 e. The normalized spacial score (nSPS) is 19.1. The van der Waals surface area contributed by atoms with Gasteiger partial charge >= 0.3 is 0 Å². The van der Waals surface area contributed by atoms with E-state index in [4.69, 9.17) is 11.6 Å². The molecule has 2 aromatic rings. The molecule has 1 aromatic heterocycles. The summed E-state index contributed by atoms with van der Waals surface area (Å²) in [4.78, 5) is 20.8. The fourth-order valence-electron chi connectivity index (χ4n) is 3.24. The number of aliphatic imine (C=N–C) groups is 1. The molecule has 0 saturated carbocycles. The standard InChI is InChI=1S/C18H18ClN3OS/c19-14-3-4-17-15(10-14)13(12-24-17)11-21-6-8-22(9-7-21)18-16(23)2-1-5-20-18/h1,3-5,10,12H,2,6-9,11H2. The minimum atomic E-state index is 0.129. The molecule has 0 spiro atoms. The smallest absolute Gasteiger partial charge is 0.201 e. The first kappa shape index (κ1) is 15.8. The van der Waals surface area contributed by atoms with Crippen LogP contribution in [0, 0.1) is 0 Å². The van der Waals surface area contributed by atoms with Crippen LogP contribution < -0.4 is 0 Å². The Morgan fingerprint density at radius 1 is 1.21 bits per heavy atom. The van der Waals surface area contributed by atoms with Gasteiger partial charge in [-0.05, 0) is 34.5 Å². The predicted molar refractivity (Wildman–Crippen MR) is 99.9 cm³/mol. The summed E-state index contributed by atoms with van der Waals surface area (Å²) in [6.45, 7) is 4.50. The van der Waals surface area contributed by atoms with Gasteiger partial charge in [0.15, 0.2) is 5.84 Å². The van der Waals surface area contributed by atoms with Crippen LogP contribution in [0.1, 0.15) is 12.0 Å². The van der Waals surface area contributed by atoms with Crippen molar-refractivity contribution in [3.63, 3.8) is 0 Å². The van der Waals surface area contributed by atoms with E-state index >= 15 is 0 Å². The van der Waals surface area contributed by atoms with Crippen molar-refractivity contribution in [2.24, 2.45) is 4.99 Å². The van der Waals surface area contributed by atoms with Gasteiger partial charge in [-0.15, -0.1) is 11.3 Å². The van der Waals surface area contributed by atoms with Gasteiger partial charge in [0, 0.05) is 55.1 Å². The Balaban J connectivity index is 1.42. The fourth-order valence-corrected chi connectivity index (χ4v) is 4.35. The summed E-state index contributed by atoms with van der Waals surface area (Å²) in [6, 6.07) is 6.09. The summed E-state index contributed by atoms with van der Waals surface area (Å²) in [5.41, 5.74) is 1.33. The lowest BCUT2D eigenvalue weighted by molar-refractivity contribution is -0.113. The number of nitrogens with zero attached hydrogens (tertiary/aromatic N) is 3. The lowest BCUT2D eigenvalue weighted by Gasteiger charge is -2.36. The van der Waals surface area contributed by atoms with Gasteiger partial charge in [-0.1, -0.05) is 17.7 Å². The highest BCUT2D eigenvalue weighted by Gasteiger charge is 2.24. The van der Waals surface area contributed by atoms with Crippen molar-refractivity contribution in [2.45, 2.75) is 13.0 Å². The fraction of sp³-hybridized carbons (Fsp3) is 0.333. The Kier molecular flexibility index (Phi) is 4.39. The molecule has 1 aromatic carbocycles. The number of piperazine rings is 1. The molecule has 24 heavy (non-hydrogen) atoms. The zero-order valence-corrected chi connectivity index (χ0v) is 14.8. The van der Waals surface area contributed by atoms with Gasteiger partial charge < -0.3 is 4.90 Å². The number of thiophene rings is 1. The van der Waals surface area contributed by atoms with Crippen molar-refractivity contribution in [3.05, 3.63) is 46.4 Å². The minimum absolute atomic E-state index is 0.129. The molecule has 0 atom stereocenters. The molecule has 6 heteroatoms. The van der Waals surface area contributed by atoms with Crippen LogP contribution >= 0.6 is 22.9 Å². The van der Waals surface area contributed by atoms with Gasteiger partial charge in [-0.3, -0.25) is 9.69 Å². The van der Waals surface area contributed by atoms with Crippen molar-refractivity contribution in [1.82, 2.24) is 9.80 Å². The van der Waals surface area contributed by atoms with E-state index in [0.717, 1.165) is 37.7 Å². The summed E-state index contributed by atoms with van der Waals surface area (Å²) in [6.07, 6.45) is 4.03. The Morgan fingerprint density at radius 2 is 2.04 bits per heavy atom. The Labute approximate surface area is 150 Å². The number of hydrogen-bond donors (Lipinski definition) is 0. The second-order valence-corrected chi connectivity index (χ2v) is 7.48. The molecule has 0 radical (unpaired) electrons. The molecule has 2 aliphatic heterocycles. The zero-order chi connectivity index (χ0) is 16.5. The number of benzene rings is 1. The second-order valence-electron chi connectivity index (χ2n) is 6.13. The molecule has 1 saturated heterocycles. The summed E-state index contributed by atoms with van der Waals surface area (Å²) in [7, 11) is 0. The number of halogens is 1. The van der Waals surface area contributed by atoms with Crippen LogP contribution in [0.5, 0.6) is 0 Å². The monoisotopic (exact) mass is 359 g/mol. The molecule has 0 unspecified atom stereocenters. The zero-order valence-electron chi connectivity index (χ0n) is 13.2. The molecule has 124 valence electrons. The van der Waals surface area contributed by atoms with Crippen molar-refractivity contribution in [3.8, 4) is 0 Å². The Hall–Kier alpha value is -1.69. The van der Waals surface area contributed by atoms with Gasteiger partial charge in [0.05, 0.1) is 0 Å². The average molecular weight is 360 g/mol. The number of hydrogen-bond acceptors (Lipinski definition) is 5. The molecular formula is C18H18ClN3OS. The SMILES string of the molecule is O=C1CC=CN=C1N1CCN(Cc2csc3ccc(Cl)cc23)CC1. The Bertz CT molecular complexity index is 834. The molecule has 1 fully saturated rings. The van der Waals surface area contributed by atoms with E-state index < -0.39 is 0 Å². The number of fused-ring (bicyclic) bond motifs is 1. The number of carbonyl (C=O) groups excluding carboxylic acids is 1. The number of amidine groups is 1. The van der Waals surface area contributed by atoms with Gasteiger partial charge in [-0.25, -0.2) is 4.99 Å². The number of allylic oxidation sites excluding steroid dienone is 1. The van der Waals surface area contributed by atoms with Gasteiger partial charge in [0.1, 0.15) is 0 Å². The van der Waals surface area contributed by atoms with Crippen molar-refractivity contribution >= 4 is 44.6 Å². The second kappa shape index (κ2) is 6.67. The molecule has 0 amide bonds. The van der Waals surface area contributed by atoms with E-state index in [9.17, 15) is 4.79 Å². The van der Waals surface area contributed by atoms with Gasteiger partial charge in [0.2, 0.25) is 5.78 Å². The summed E-state index contributed by atoms with van der Waals surface area (Å²) >= 11 is 7.91. The predicted octanol–water partition coefficient (Wildman–Crippen LogP) is 3.56. The first-order valence-corrected chi connectivity index (χ1v) is 9.35. The van der Waals surface area contributed by atoms with E-state index in [0.29, 0.717) is 12.3 Å². The summed E-state index contributed by atoms with van der Waals surface area (Å²) in [5, 5.41) is 4.27. The third kappa shape index (κ3) is 3.11. The highest BCUT2D eigenvalue weighted by molar-refractivity contribution is 7.17. The molecule has 0 N–H and O–H groups in total. The van der Waals surface area contributed by atoms with Crippen LogP contribution in [-0.2, 0) is 11.3 Å². The van der Waals surface area contributed by atoms with Crippen molar-refractivity contribution < 1.29 is 4.79 Å². The quantitative estimate of drug-likeness (QED) is 0.822. The largest absolute Gasteiger partial charge is 0.351 e. The van der Waals surface area contributed by atoms with Crippen LogP contribution in [0.25, 0.3) is 10.1 Å². The van der Waals surface area contributed by atoms with E-state index in [1.165, 1.54) is 15.6 Å². The number of rotatable bonds is 2. The third-order valence-corrected chi connectivity index (χ3v) is 5.78. The molecule has 4 nitrogen and oxygen atoms in total. The number of carbonyl (C=O) groups is 1. The minimum Gasteiger partial charge on any atom is -0.351 e. The molecule has 3 heterocycles. The molecule has 0 aliphatic carbocycles. The lowest BCUT2D eigenvalue weighted by Crippen LogP contribution is -2.50. The van der Waals surface area contributed by atoms with Crippen molar-refractivity contribution in [1.29, 1.82) is 0 Å². The van der Waals surface area contributed by atoms with Gasteiger partial charge in [-0.2, -0.15) is 0 Å². The summed E-state index contributed by atoms with van der Waals surface area (Å²) < 4.78 is 1.28. The maximum atomic E-state index is 12.0. The number of ketones is 1. The first-order valence-electron chi connectivity index (χ1n) is 8.09. The van der Waals surface area contributed by atoms with Crippen LogP contribution in [0.15, 0.2) is 40.8 Å². The van der Waals surface area contributed by atoms with E-state index in [1.54, 1.807) is 17.5 Å². The number of Topliss-reactive ketones (excluding diaryl/α,β-unsaturated/α-hetero) is 1. The van der Waals surface area contributed by atoms with E-state index in [-0.39, 0.29) is 5.78 Å². The highest BCUT2D eigenvalue weighted by atomic mass is 35.5. The van der Waals surface area contributed by atoms with Crippen LogP contribution in [0.2, 0.25) is 5.02 Å². The molecule has 2 aliphatic rings. The lowest BCUT2D eigenvalue weighted by atomic mass is 10.1. The van der Waals surface area contributed by atoms with E-state index in [2.05, 4.69) is 32.3 Å². The van der Waals surface area contributed by atoms with Crippen LogP contribution in [0.3, 0.4) is 0 Å². The highest BCUT2D eigenvalue weighted by Crippen LogP contribution is 2.29. The first-order chi connectivity index (χ1) is 11.7. The van der Waals surface area contributed by atoms with Gasteiger partial charge in [0.25, 0.3) is 0 Å². The average Bonchev–Trinajstić information content (AvgIpc) is 2.98. The topological polar surface area (TPSA) is 35.9 Å².